The van der Waals surface area contributed by atoms with Gasteiger partial charge in [-0.2, -0.15) is 0 Å². The first-order chi connectivity index (χ1) is 9.79. The summed E-state index contributed by atoms with van der Waals surface area (Å²) in [7, 11) is 1.56. The number of nitrogens with zero attached hydrogens (tertiary/aromatic N) is 2. The van der Waals surface area contributed by atoms with Gasteiger partial charge in [-0.15, -0.1) is 10.2 Å². The van der Waals surface area contributed by atoms with Crippen LogP contribution in [0.3, 0.4) is 0 Å². The smallest absolute Gasteiger partial charge is 0.271 e. The van der Waals surface area contributed by atoms with Gasteiger partial charge in [0.05, 0.1) is 19.3 Å². The van der Waals surface area contributed by atoms with E-state index in [4.69, 9.17) is 9.47 Å². The summed E-state index contributed by atoms with van der Waals surface area (Å²) in [5, 5.41) is 13.3. The lowest BCUT2D eigenvalue weighted by Crippen LogP contribution is -2.20. The Morgan fingerprint density at radius 1 is 1.50 bits per heavy atom. The van der Waals surface area contributed by atoms with Gasteiger partial charge in [-0.05, 0) is 25.0 Å². The van der Waals surface area contributed by atoms with E-state index in [0.717, 1.165) is 19.4 Å². The SMILES string of the molecule is CNC(=O)c1ccc(NCCOCC2CCCO2)nn1. The average molecular weight is 280 g/mol. The number of hydrogen-bond donors (Lipinski definition) is 2. The molecule has 0 radical (unpaired) electrons. The van der Waals surface area contributed by atoms with Crippen LogP contribution in [0.4, 0.5) is 5.82 Å². The number of amides is 1. The number of carbonyl (C=O) groups is 1. The van der Waals surface area contributed by atoms with Gasteiger partial charge < -0.3 is 20.1 Å². The lowest BCUT2D eigenvalue weighted by molar-refractivity contribution is 0.0206. The Morgan fingerprint density at radius 2 is 2.40 bits per heavy atom. The molecule has 1 aliphatic heterocycles. The van der Waals surface area contributed by atoms with Crippen molar-refractivity contribution in [1.29, 1.82) is 0 Å². The second kappa shape index (κ2) is 7.76. The molecule has 20 heavy (non-hydrogen) atoms. The van der Waals surface area contributed by atoms with E-state index in [1.807, 2.05) is 0 Å². The predicted octanol–water partition coefficient (Wildman–Crippen LogP) is 0.444. The summed E-state index contributed by atoms with van der Waals surface area (Å²) in [6, 6.07) is 3.35. The first kappa shape index (κ1) is 14.7. The molecule has 0 aliphatic carbocycles. The van der Waals surface area contributed by atoms with Crippen LogP contribution in [0, 0.1) is 0 Å². The number of ether oxygens (including phenoxy) is 2. The molecule has 1 unspecified atom stereocenters. The van der Waals surface area contributed by atoms with E-state index in [-0.39, 0.29) is 12.0 Å². The second-order valence-electron chi connectivity index (χ2n) is 4.52. The number of anilines is 1. The van der Waals surface area contributed by atoms with Crippen LogP contribution in [0.25, 0.3) is 0 Å². The van der Waals surface area contributed by atoms with Gasteiger partial charge in [0.1, 0.15) is 5.82 Å². The molecule has 1 aromatic heterocycles. The predicted molar refractivity (Wildman–Crippen MR) is 73.7 cm³/mol. The Balaban J connectivity index is 1.62. The van der Waals surface area contributed by atoms with Crippen LogP contribution in [0.1, 0.15) is 23.3 Å². The second-order valence-corrected chi connectivity index (χ2v) is 4.52. The summed E-state index contributed by atoms with van der Waals surface area (Å²) >= 11 is 0. The molecule has 0 spiro atoms. The fourth-order valence-electron chi connectivity index (χ4n) is 1.92. The molecular weight excluding hydrogens is 260 g/mol. The highest BCUT2D eigenvalue weighted by Crippen LogP contribution is 2.11. The van der Waals surface area contributed by atoms with Gasteiger partial charge in [-0.3, -0.25) is 4.79 Å². The summed E-state index contributed by atoms with van der Waals surface area (Å²) in [6.07, 6.45) is 2.46. The maximum absolute atomic E-state index is 11.3. The lowest BCUT2D eigenvalue weighted by atomic mass is 10.2. The molecule has 1 fully saturated rings. The van der Waals surface area contributed by atoms with Gasteiger partial charge in [-0.1, -0.05) is 0 Å². The third-order valence-electron chi connectivity index (χ3n) is 3.00. The molecule has 2 heterocycles. The molecule has 0 saturated carbocycles. The molecule has 7 heteroatoms. The van der Waals surface area contributed by atoms with Crippen LogP contribution >= 0.6 is 0 Å². The van der Waals surface area contributed by atoms with Gasteiger partial charge in [0, 0.05) is 20.2 Å². The summed E-state index contributed by atoms with van der Waals surface area (Å²) in [5.74, 6) is 0.377. The molecule has 1 atom stereocenters. The van der Waals surface area contributed by atoms with Crippen molar-refractivity contribution in [1.82, 2.24) is 15.5 Å². The fraction of sp³-hybridized carbons (Fsp3) is 0.615. The van der Waals surface area contributed by atoms with Crippen molar-refractivity contribution in [3.8, 4) is 0 Å². The minimum Gasteiger partial charge on any atom is -0.377 e. The van der Waals surface area contributed by atoms with Crippen molar-refractivity contribution in [3.63, 3.8) is 0 Å². The number of rotatable bonds is 7. The van der Waals surface area contributed by atoms with E-state index in [1.165, 1.54) is 0 Å². The molecule has 0 aromatic carbocycles. The topological polar surface area (TPSA) is 85.4 Å². The molecule has 1 amide bonds. The largest absolute Gasteiger partial charge is 0.377 e. The van der Waals surface area contributed by atoms with Gasteiger partial charge in [0.2, 0.25) is 0 Å². The Hall–Kier alpha value is -1.73. The highest BCUT2D eigenvalue weighted by Gasteiger charge is 2.14. The third kappa shape index (κ3) is 4.43. The van der Waals surface area contributed by atoms with Crippen LogP contribution in [0.15, 0.2) is 12.1 Å². The number of aromatic nitrogens is 2. The van der Waals surface area contributed by atoms with E-state index in [9.17, 15) is 4.79 Å². The molecule has 2 rings (SSSR count). The molecule has 1 aromatic rings. The highest BCUT2D eigenvalue weighted by molar-refractivity contribution is 5.91. The Kier molecular flexibility index (Phi) is 5.69. The van der Waals surface area contributed by atoms with Gasteiger partial charge in [0.25, 0.3) is 5.91 Å². The standard InChI is InChI=1S/C13H20N4O3/c1-14-13(18)11-4-5-12(17-16-11)15-6-8-19-9-10-3-2-7-20-10/h4-5,10H,2-3,6-9H2,1H3,(H,14,18)(H,15,17). The van der Waals surface area contributed by atoms with Crippen molar-refractivity contribution in [2.45, 2.75) is 18.9 Å². The van der Waals surface area contributed by atoms with Crippen LogP contribution in [-0.4, -0.2) is 55.6 Å². The average Bonchev–Trinajstić information content (AvgIpc) is 3.00. The van der Waals surface area contributed by atoms with Crippen molar-refractivity contribution >= 4 is 11.7 Å². The first-order valence-electron chi connectivity index (χ1n) is 6.78. The minimum atomic E-state index is -0.246. The molecule has 110 valence electrons. The van der Waals surface area contributed by atoms with Gasteiger partial charge in [-0.25, -0.2) is 0 Å². The fourth-order valence-corrected chi connectivity index (χ4v) is 1.92. The van der Waals surface area contributed by atoms with E-state index < -0.39 is 0 Å². The van der Waals surface area contributed by atoms with Crippen molar-refractivity contribution in [2.24, 2.45) is 0 Å². The van der Waals surface area contributed by atoms with Crippen LogP contribution in [0.5, 0.6) is 0 Å². The summed E-state index contributed by atoms with van der Waals surface area (Å²) in [5.41, 5.74) is 0.299. The van der Waals surface area contributed by atoms with Crippen molar-refractivity contribution in [2.75, 3.05) is 38.7 Å². The first-order valence-corrected chi connectivity index (χ1v) is 6.78. The molecule has 2 N–H and O–H groups in total. The minimum absolute atomic E-state index is 0.246. The molecule has 7 nitrogen and oxygen atoms in total. The Morgan fingerprint density at radius 3 is 3.05 bits per heavy atom. The summed E-state index contributed by atoms with van der Waals surface area (Å²) < 4.78 is 11.0. The van der Waals surface area contributed by atoms with E-state index >= 15 is 0 Å². The van der Waals surface area contributed by atoms with E-state index in [0.29, 0.717) is 31.3 Å². The Labute approximate surface area is 118 Å². The monoisotopic (exact) mass is 280 g/mol. The quantitative estimate of drug-likeness (QED) is 0.705. The molecule has 0 bridgehead atoms. The third-order valence-corrected chi connectivity index (χ3v) is 3.00. The molecule has 1 saturated heterocycles. The zero-order chi connectivity index (χ0) is 14.2. The number of carbonyl (C=O) groups excluding carboxylic acids is 1. The number of hydrogen-bond acceptors (Lipinski definition) is 6. The number of nitrogens with one attached hydrogen (secondary N) is 2. The Bertz CT molecular complexity index is 418. The summed E-state index contributed by atoms with van der Waals surface area (Å²) in [4.78, 5) is 11.3. The van der Waals surface area contributed by atoms with Crippen molar-refractivity contribution < 1.29 is 14.3 Å². The molecular formula is C13H20N4O3. The maximum Gasteiger partial charge on any atom is 0.271 e. The zero-order valence-corrected chi connectivity index (χ0v) is 11.6. The normalized spacial score (nSPS) is 17.9. The van der Waals surface area contributed by atoms with E-state index in [2.05, 4.69) is 20.8 Å². The molecule has 1 aliphatic rings. The van der Waals surface area contributed by atoms with Gasteiger partial charge in [0.15, 0.2) is 5.69 Å². The lowest BCUT2D eigenvalue weighted by Gasteiger charge is -2.10. The van der Waals surface area contributed by atoms with E-state index in [1.54, 1.807) is 19.2 Å². The zero-order valence-electron chi connectivity index (χ0n) is 11.6. The van der Waals surface area contributed by atoms with Gasteiger partial charge >= 0.3 is 0 Å². The highest BCUT2D eigenvalue weighted by atomic mass is 16.5. The van der Waals surface area contributed by atoms with Crippen LogP contribution < -0.4 is 10.6 Å². The summed E-state index contributed by atoms with van der Waals surface area (Å²) in [6.45, 7) is 2.71. The van der Waals surface area contributed by atoms with Crippen LogP contribution in [-0.2, 0) is 9.47 Å². The van der Waals surface area contributed by atoms with Crippen LogP contribution in [0.2, 0.25) is 0 Å². The maximum atomic E-state index is 11.3. The van der Waals surface area contributed by atoms with Crippen molar-refractivity contribution in [3.05, 3.63) is 17.8 Å².